The van der Waals surface area contributed by atoms with Gasteiger partial charge >= 0.3 is 0 Å². The van der Waals surface area contributed by atoms with Crippen molar-refractivity contribution in [2.45, 2.75) is 19.9 Å². The van der Waals surface area contributed by atoms with Crippen molar-refractivity contribution in [1.82, 2.24) is 0 Å². The molecule has 0 radical (unpaired) electrons. The second-order valence-electron chi connectivity index (χ2n) is 8.10. The summed E-state index contributed by atoms with van der Waals surface area (Å²) >= 11 is 0. The smallest absolute Gasteiger partial charge is 0.294 e. The molecule has 5 rings (SSSR count). The second kappa shape index (κ2) is 7.19. The predicted octanol–water partition coefficient (Wildman–Crippen LogP) is 4.17. The van der Waals surface area contributed by atoms with Crippen LogP contribution in [0.4, 0.5) is 22.7 Å². The Labute approximate surface area is 180 Å². The maximum absolute atomic E-state index is 13.2. The van der Waals surface area contributed by atoms with Crippen molar-refractivity contribution in [3.63, 3.8) is 0 Å². The quantitative estimate of drug-likeness (QED) is 0.679. The topological polar surface area (TPSA) is 69.0 Å². The van der Waals surface area contributed by atoms with E-state index in [0.29, 0.717) is 12.2 Å². The summed E-state index contributed by atoms with van der Waals surface area (Å²) in [6.45, 7) is 4.68. The van der Waals surface area contributed by atoms with Gasteiger partial charge in [-0.05, 0) is 54.4 Å². The number of benzene rings is 2. The Hall–Kier alpha value is -3.74. The minimum absolute atomic E-state index is 0.0450. The molecular weight excluding hydrogens is 392 g/mol. The molecule has 0 aliphatic carbocycles. The minimum atomic E-state index is -0.212. The van der Waals surface area contributed by atoms with Gasteiger partial charge in [0.15, 0.2) is 5.76 Å². The SMILES string of the molecule is CC(=O)N1c2ccc(-c3ccc4c(c3)NCN4C)cc2N(C(=O)c2ccco2)C[C@@H]1C. The molecule has 1 aromatic heterocycles. The van der Waals surface area contributed by atoms with Crippen LogP contribution in [0.1, 0.15) is 24.4 Å². The second-order valence-corrected chi connectivity index (χ2v) is 8.10. The van der Waals surface area contributed by atoms with Crippen LogP contribution in [-0.4, -0.2) is 38.1 Å². The third-order valence-electron chi connectivity index (χ3n) is 5.98. The van der Waals surface area contributed by atoms with E-state index in [9.17, 15) is 9.59 Å². The highest BCUT2D eigenvalue weighted by Crippen LogP contribution is 2.41. The molecule has 0 bridgehead atoms. The summed E-state index contributed by atoms with van der Waals surface area (Å²) in [5.41, 5.74) is 5.70. The molecule has 0 fully saturated rings. The van der Waals surface area contributed by atoms with E-state index in [0.717, 1.165) is 34.9 Å². The van der Waals surface area contributed by atoms with Crippen molar-refractivity contribution in [2.75, 3.05) is 40.3 Å². The molecule has 0 saturated carbocycles. The van der Waals surface area contributed by atoms with E-state index < -0.39 is 0 Å². The summed E-state index contributed by atoms with van der Waals surface area (Å²) in [7, 11) is 2.05. The Bertz CT molecular complexity index is 1170. The van der Waals surface area contributed by atoms with Crippen molar-refractivity contribution in [2.24, 2.45) is 0 Å². The van der Waals surface area contributed by atoms with E-state index in [2.05, 4.69) is 28.4 Å². The van der Waals surface area contributed by atoms with Gasteiger partial charge in [0.25, 0.3) is 5.91 Å². The molecule has 31 heavy (non-hydrogen) atoms. The molecule has 3 heterocycles. The van der Waals surface area contributed by atoms with E-state index >= 15 is 0 Å². The van der Waals surface area contributed by atoms with E-state index in [1.165, 1.54) is 6.26 Å². The molecule has 158 valence electrons. The first kappa shape index (κ1) is 19.2. The van der Waals surface area contributed by atoms with Gasteiger partial charge in [0, 0.05) is 20.5 Å². The van der Waals surface area contributed by atoms with E-state index in [1.807, 2.05) is 32.2 Å². The molecule has 2 aromatic carbocycles. The summed E-state index contributed by atoms with van der Waals surface area (Å²) in [6.07, 6.45) is 1.49. The fourth-order valence-electron chi connectivity index (χ4n) is 4.49. The summed E-state index contributed by atoms with van der Waals surface area (Å²) in [4.78, 5) is 31.2. The van der Waals surface area contributed by atoms with Crippen LogP contribution < -0.4 is 20.0 Å². The summed E-state index contributed by atoms with van der Waals surface area (Å²) in [5, 5.41) is 3.39. The van der Waals surface area contributed by atoms with Gasteiger partial charge in [0.2, 0.25) is 5.91 Å². The first-order chi connectivity index (χ1) is 14.9. The van der Waals surface area contributed by atoms with Crippen molar-refractivity contribution < 1.29 is 14.0 Å². The van der Waals surface area contributed by atoms with E-state index in [1.54, 1.807) is 28.9 Å². The maximum Gasteiger partial charge on any atom is 0.294 e. The van der Waals surface area contributed by atoms with Crippen LogP contribution in [0, 0.1) is 0 Å². The summed E-state index contributed by atoms with van der Waals surface area (Å²) < 4.78 is 5.36. The highest BCUT2D eigenvalue weighted by atomic mass is 16.3. The van der Waals surface area contributed by atoms with Gasteiger partial charge in [-0.3, -0.25) is 9.59 Å². The Kier molecular flexibility index (Phi) is 4.46. The zero-order valence-electron chi connectivity index (χ0n) is 17.8. The molecule has 0 saturated heterocycles. The van der Waals surface area contributed by atoms with Gasteiger partial charge < -0.3 is 24.4 Å². The van der Waals surface area contributed by atoms with Gasteiger partial charge in [0.1, 0.15) is 0 Å². The lowest BCUT2D eigenvalue weighted by Gasteiger charge is -2.40. The highest BCUT2D eigenvalue weighted by molar-refractivity contribution is 6.10. The number of furan rings is 1. The summed E-state index contributed by atoms with van der Waals surface area (Å²) in [6, 6.07) is 15.4. The molecule has 2 amide bonds. The molecule has 7 heteroatoms. The molecule has 2 aliphatic rings. The zero-order chi connectivity index (χ0) is 21.7. The molecule has 2 aliphatic heterocycles. The zero-order valence-corrected chi connectivity index (χ0v) is 17.8. The lowest BCUT2D eigenvalue weighted by Crippen LogP contribution is -2.51. The number of carbonyl (C=O) groups excluding carboxylic acids is 2. The number of rotatable bonds is 2. The molecule has 3 aromatic rings. The van der Waals surface area contributed by atoms with Crippen molar-refractivity contribution in [1.29, 1.82) is 0 Å². The van der Waals surface area contributed by atoms with Crippen molar-refractivity contribution >= 4 is 34.6 Å². The van der Waals surface area contributed by atoms with Crippen LogP contribution in [0.25, 0.3) is 11.1 Å². The lowest BCUT2D eigenvalue weighted by molar-refractivity contribution is -0.117. The number of nitrogens with zero attached hydrogens (tertiary/aromatic N) is 3. The van der Waals surface area contributed by atoms with Gasteiger partial charge in [-0.15, -0.1) is 0 Å². The van der Waals surface area contributed by atoms with Gasteiger partial charge in [0.05, 0.1) is 41.7 Å². The average Bonchev–Trinajstić information content (AvgIpc) is 3.42. The Morgan fingerprint density at radius 2 is 1.77 bits per heavy atom. The number of carbonyl (C=O) groups is 2. The largest absolute Gasteiger partial charge is 0.459 e. The number of fused-ring (bicyclic) bond motifs is 2. The van der Waals surface area contributed by atoms with E-state index in [-0.39, 0.29) is 23.6 Å². The third kappa shape index (κ3) is 3.13. The first-order valence-electron chi connectivity index (χ1n) is 10.3. The maximum atomic E-state index is 13.2. The molecule has 7 nitrogen and oxygen atoms in total. The highest BCUT2D eigenvalue weighted by Gasteiger charge is 2.35. The number of nitrogens with one attached hydrogen (secondary N) is 1. The number of hydrogen-bond acceptors (Lipinski definition) is 5. The molecular formula is C24H24N4O3. The predicted molar refractivity (Wildman–Crippen MR) is 122 cm³/mol. The molecule has 0 spiro atoms. The van der Waals surface area contributed by atoms with Gasteiger partial charge in [-0.25, -0.2) is 0 Å². The van der Waals surface area contributed by atoms with Crippen molar-refractivity contribution in [3.8, 4) is 11.1 Å². The molecule has 1 atom stereocenters. The Morgan fingerprint density at radius 1 is 1.03 bits per heavy atom. The minimum Gasteiger partial charge on any atom is -0.459 e. The van der Waals surface area contributed by atoms with Crippen LogP contribution in [-0.2, 0) is 4.79 Å². The molecule has 1 N–H and O–H groups in total. The van der Waals surface area contributed by atoms with Gasteiger partial charge in [-0.1, -0.05) is 12.1 Å². The lowest BCUT2D eigenvalue weighted by atomic mass is 9.99. The monoisotopic (exact) mass is 416 g/mol. The average molecular weight is 416 g/mol. The Balaban J connectivity index is 1.61. The van der Waals surface area contributed by atoms with E-state index in [4.69, 9.17) is 4.42 Å². The number of hydrogen-bond donors (Lipinski definition) is 1. The summed E-state index contributed by atoms with van der Waals surface area (Å²) in [5.74, 6) is 0.0247. The van der Waals surface area contributed by atoms with Crippen LogP contribution in [0.2, 0.25) is 0 Å². The number of anilines is 4. The first-order valence-corrected chi connectivity index (χ1v) is 10.3. The Morgan fingerprint density at radius 3 is 2.48 bits per heavy atom. The van der Waals surface area contributed by atoms with Crippen LogP contribution in [0.15, 0.2) is 59.2 Å². The van der Waals surface area contributed by atoms with Gasteiger partial charge in [-0.2, -0.15) is 0 Å². The number of amides is 2. The van der Waals surface area contributed by atoms with Crippen molar-refractivity contribution in [3.05, 3.63) is 60.6 Å². The normalized spacial score (nSPS) is 17.3. The third-order valence-corrected chi connectivity index (χ3v) is 5.98. The standard InChI is InChI=1S/C24H24N4O3/c1-15-13-27(24(30)23-5-4-10-31-23)22-12-18(7-9-21(22)28(15)16(2)29)17-6-8-20-19(11-17)25-14-26(20)3/h4-12,15,25H,13-14H2,1-3H3/t15-/m0/s1. The van der Waals surface area contributed by atoms with Crippen LogP contribution >= 0.6 is 0 Å². The fourth-order valence-corrected chi connectivity index (χ4v) is 4.49. The van der Waals surface area contributed by atoms with Crippen LogP contribution in [0.5, 0.6) is 0 Å². The molecule has 0 unspecified atom stereocenters. The van der Waals surface area contributed by atoms with Crippen LogP contribution in [0.3, 0.4) is 0 Å². The fraction of sp³-hybridized carbons (Fsp3) is 0.250.